The molecule has 0 aliphatic heterocycles. The Morgan fingerprint density at radius 3 is 2.41 bits per heavy atom. The fourth-order valence-corrected chi connectivity index (χ4v) is 3.38. The molecule has 0 fully saturated rings. The second-order valence-corrected chi connectivity index (χ2v) is 7.50. The van der Waals surface area contributed by atoms with Crippen LogP contribution in [0.2, 0.25) is 0 Å². The van der Waals surface area contributed by atoms with E-state index < -0.39 is 0 Å². The number of amides is 1. The van der Waals surface area contributed by atoms with Crippen LogP contribution >= 0.6 is 0 Å². The van der Waals surface area contributed by atoms with E-state index in [4.69, 9.17) is 15.7 Å². The minimum absolute atomic E-state index is 0.0471. The summed E-state index contributed by atoms with van der Waals surface area (Å²) in [5, 5.41) is 3.01. The number of hydrogen-bond acceptors (Lipinski definition) is 4. The summed E-state index contributed by atoms with van der Waals surface area (Å²) in [6, 6.07) is 16.0. The number of anilines is 1. The van der Waals surface area contributed by atoms with E-state index in [1.54, 1.807) is 0 Å². The number of para-hydroxylation sites is 2. The van der Waals surface area contributed by atoms with Crippen LogP contribution in [0.15, 0.2) is 48.5 Å². The van der Waals surface area contributed by atoms with Gasteiger partial charge in [-0.05, 0) is 38.0 Å². The molecular weight excluding hydrogens is 362 g/mol. The lowest BCUT2D eigenvalue weighted by Crippen LogP contribution is -2.32. The average Bonchev–Trinajstić information content (AvgIpc) is 2.98. The van der Waals surface area contributed by atoms with Gasteiger partial charge in [-0.3, -0.25) is 4.79 Å². The van der Waals surface area contributed by atoms with E-state index in [1.165, 1.54) is 5.56 Å². The van der Waals surface area contributed by atoms with E-state index in [0.717, 1.165) is 23.0 Å². The number of hydrogen-bond donors (Lipinski definition) is 2. The predicted octanol–water partition coefficient (Wildman–Crippen LogP) is 4.05. The average molecular weight is 387 g/mol. The summed E-state index contributed by atoms with van der Waals surface area (Å²) >= 11 is 0. The zero-order valence-corrected chi connectivity index (χ0v) is 16.9. The molecule has 4 rings (SSSR count). The van der Waals surface area contributed by atoms with E-state index in [-0.39, 0.29) is 11.9 Å². The first-order chi connectivity index (χ1) is 14.0. The number of fused-ring (bicyclic) bond motifs is 2. The topological polar surface area (TPSA) is 85.8 Å². The highest BCUT2D eigenvalue weighted by Gasteiger charge is 2.24. The molecule has 0 saturated heterocycles. The highest BCUT2D eigenvalue weighted by Crippen LogP contribution is 2.29. The highest BCUT2D eigenvalue weighted by molar-refractivity contribution is 6.10. The molecule has 4 aromatic rings. The number of rotatable bonds is 5. The Morgan fingerprint density at radius 1 is 1.10 bits per heavy atom. The number of nitrogen functional groups attached to an aromatic ring is 1. The third kappa shape index (κ3) is 3.53. The second kappa shape index (κ2) is 7.54. The molecule has 2 aromatic heterocycles. The van der Waals surface area contributed by atoms with Crippen molar-refractivity contribution in [2.75, 3.05) is 5.73 Å². The lowest BCUT2D eigenvalue weighted by atomic mass is 10.1. The van der Waals surface area contributed by atoms with Gasteiger partial charge in [0.15, 0.2) is 5.65 Å². The Balaban J connectivity index is 1.91. The molecule has 1 unspecified atom stereocenters. The van der Waals surface area contributed by atoms with E-state index in [1.807, 2.05) is 42.7 Å². The van der Waals surface area contributed by atoms with Crippen LogP contribution in [0.1, 0.15) is 41.8 Å². The van der Waals surface area contributed by atoms with Crippen molar-refractivity contribution in [3.8, 4) is 0 Å². The molecule has 0 saturated carbocycles. The molecule has 0 bridgehead atoms. The smallest absolute Gasteiger partial charge is 0.257 e. The molecule has 1 amide bonds. The first kappa shape index (κ1) is 18.9. The number of benzene rings is 2. The Labute approximate surface area is 169 Å². The molecule has 148 valence electrons. The van der Waals surface area contributed by atoms with Crippen LogP contribution < -0.4 is 11.1 Å². The standard InChI is InChI=1S/C23H25N5O/c1-4-15(3)25-23(29)19-20-22(27-18-8-6-5-7-17(18)26-20)28(21(19)24)13-16-11-9-14(2)10-12-16/h5-12,15H,4,13,24H2,1-3H3,(H,25,29). The number of carbonyl (C=O) groups excluding carboxylic acids is 1. The van der Waals surface area contributed by atoms with Crippen molar-refractivity contribution in [3.05, 3.63) is 65.2 Å². The van der Waals surface area contributed by atoms with Crippen molar-refractivity contribution < 1.29 is 4.79 Å². The number of carbonyl (C=O) groups is 1. The Morgan fingerprint density at radius 2 is 1.76 bits per heavy atom. The molecule has 0 aliphatic rings. The van der Waals surface area contributed by atoms with Gasteiger partial charge in [-0.1, -0.05) is 48.9 Å². The molecule has 29 heavy (non-hydrogen) atoms. The fraction of sp³-hybridized carbons (Fsp3) is 0.261. The molecular formula is C23H25N5O. The van der Waals surface area contributed by atoms with Gasteiger partial charge in [0.25, 0.3) is 5.91 Å². The molecule has 6 nitrogen and oxygen atoms in total. The number of nitrogens with one attached hydrogen (secondary N) is 1. The Bertz CT molecular complexity index is 1190. The molecule has 0 aliphatic carbocycles. The lowest BCUT2D eigenvalue weighted by Gasteiger charge is -2.11. The fourth-order valence-electron chi connectivity index (χ4n) is 3.38. The van der Waals surface area contributed by atoms with Crippen molar-refractivity contribution in [2.24, 2.45) is 0 Å². The maximum absolute atomic E-state index is 13.0. The minimum Gasteiger partial charge on any atom is -0.384 e. The normalized spacial score (nSPS) is 12.4. The van der Waals surface area contributed by atoms with E-state index in [2.05, 4.69) is 36.5 Å². The Kier molecular flexibility index (Phi) is 4.92. The SMILES string of the molecule is CCC(C)NC(=O)c1c(N)n(Cc2ccc(C)cc2)c2nc3ccccc3nc12. The van der Waals surface area contributed by atoms with Crippen molar-refractivity contribution >= 4 is 33.9 Å². The van der Waals surface area contributed by atoms with Gasteiger partial charge in [-0.15, -0.1) is 0 Å². The van der Waals surface area contributed by atoms with Crippen LogP contribution in [-0.4, -0.2) is 26.5 Å². The Hall–Kier alpha value is -3.41. The molecule has 1 atom stereocenters. The maximum atomic E-state index is 13.0. The van der Waals surface area contributed by atoms with Crippen LogP contribution in [0.3, 0.4) is 0 Å². The number of aryl methyl sites for hydroxylation is 1. The predicted molar refractivity (Wildman–Crippen MR) is 117 cm³/mol. The monoisotopic (exact) mass is 387 g/mol. The van der Waals surface area contributed by atoms with E-state index >= 15 is 0 Å². The van der Waals surface area contributed by atoms with Crippen molar-refractivity contribution in [1.29, 1.82) is 0 Å². The molecule has 0 spiro atoms. The van der Waals surface area contributed by atoms with Gasteiger partial charge in [0.1, 0.15) is 16.9 Å². The van der Waals surface area contributed by atoms with Gasteiger partial charge in [-0.25, -0.2) is 9.97 Å². The minimum atomic E-state index is -0.214. The van der Waals surface area contributed by atoms with Crippen molar-refractivity contribution in [3.63, 3.8) is 0 Å². The summed E-state index contributed by atoms with van der Waals surface area (Å²) in [6.07, 6.45) is 0.836. The number of aromatic nitrogens is 3. The molecule has 2 heterocycles. The molecule has 0 radical (unpaired) electrons. The van der Waals surface area contributed by atoms with Gasteiger partial charge in [-0.2, -0.15) is 0 Å². The summed E-state index contributed by atoms with van der Waals surface area (Å²) in [7, 11) is 0. The first-order valence-electron chi connectivity index (χ1n) is 9.88. The number of nitrogens with two attached hydrogens (primary N) is 1. The summed E-state index contributed by atoms with van der Waals surface area (Å²) in [5.74, 6) is 0.172. The summed E-state index contributed by atoms with van der Waals surface area (Å²) in [4.78, 5) is 22.6. The maximum Gasteiger partial charge on any atom is 0.257 e. The summed E-state index contributed by atoms with van der Waals surface area (Å²) < 4.78 is 1.88. The van der Waals surface area contributed by atoms with Gasteiger partial charge in [0.05, 0.1) is 17.6 Å². The van der Waals surface area contributed by atoms with Crippen LogP contribution in [-0.2, 0) is 6.54 Å². The quantitative estimate of drug-likeness (QED) is 0.541. The molecule has 3 N–H and O–H groups in total. The largest absolute Gasteiger partial charge is 0.384 e. The molecule has 2 aromatic carbocycles. The van der Waals surface area contributed by atoms with Gasteiger partial charge >= 0.3 is 0 Å². The summed E-state index contributed by atoms with van der Waals surface area (Å²) in [5.41, 5.74) is 11.8. The number of nitrogens with zero attached hydrogens (tertiary/aromatic N) is 3. The summed E-state index contributed by atoms with van der Waals surface area (Å²) in [6.45, 7) is 6.58. The van der Waals surface area contributed by atoms with Crippen LogP contribution in [0.4, 0.5) is 5.82 Å². The van der Waals surface area contributed by atoms with Crippen LogP contribution in [0.25, 0.3) is 22.2 Å². The highest BCUT2D eigenvalue weighted by atomic mass is 16.1. The van der Waals surface area contributed by atoms with Crippen molar-refractivity contribution in [1.82, 2.24) is 19.9 Å². The van der Waals surface area contributed by atoms with Crippen LogP contribution in [0.5, 0.6) is 0 Å². The first-order valence-corrected chi connectivity index (χ1v) is 9.88. The molecule has 6 heteroatoms. The third-order valence-electron chi connectivity index (χ3n) is 5.27. The third-order valence-corrected chi connectivity index (χ3v) is 5.27. The van der Waals surface area contributed by atoms with Gasteiger partial charge in [0.2, 0.25) is 0 Å². The van der Waals surface area contributed by atoms with Crippen molar-refractivity contribution in [2.45, 2.75) is 39.8 Å². The zero-order chi connectivity index (χ0) is 20.5. The second-order valence-electron chi connectivity index (χ2n) is 7.50. The van der Waals surface area contributed by atoms with Gasteiger partial charge < -0.3 is 15.6 Å². The zero-order valence-electron chi connectivity index (χ0n) is 16.9. The lowest BCUT2D eigenvalue weighted by molar-refractivity contribution is 0.0941. The van der Waals surface area contributed by atoms with E-state index in [0.29, 0.717) is 29.1 Å². The van der Waals surface area contributed by atoms with Crippen LogP contribution in [0, 0.1) is 6.92 Å². The van der Waals surface area contributed by atoms with Gasteiger partial charge in [0, 0.05) is 6.04 Å². The van der Waals surface area contributed by atoms with E-state index in [9.17, 15) is 4.79 Å².